The average Bonchev–Trinajstić information content (AvgIpc) is 3.35. The Morgan fingerprint density at radius 1 is 1.24 bits per heavy atom. The molecule has 4 N–H and O–H groups in total. The summed E-state index contributed by atoms with van der Waals surface area (Å²) in [7, 11) is 1.88. The molecule has 0 atom stereocenters. The van der Waals surface area contributed by atoms with Crippen molar-refractivity contribution in [1.29, 1.82) is 0 Å². The van der Waals surface area contributed by atoms with Crippen LogP contribution in [0.25, 0.3) is 21.6 Å². The van der Waals surface area contributed by atoms with Crippen molar-refractivity contribution in [2.75, 3.05) is 43.2 Å². The van der Waals surface area contributed by atoms with Gasteiger partial charge < -0.3 is 20.3 Å². The van der Waals surface area contributed by atoms with Crippen molar-refractivity contribution < 1.29 is 14.7 Å². The highest BCUT2D eigenvalue weighted by atomic mass is 32.1. The van der Waals surface area contributed by atoms with E-state index in [-0.39, 0.29) is 5.56 Å². The average molecular weight is 521 g/mol. The minimum Gasteiger partial charge on any atom is -0.378 e. The quantitative estimate of drug-likeness (QED) is 0.246. The second kappa shape index (κ2) is 10.7. The van der Waals surface area contributed by atoms with Crippen molar-refractivity contribution in [1.82, 2.24) is 25.4 Å². The molecule has 0 saturated carbocycles. The first kappa shape index (κ1) is 25.0. The predicted molar refractivity (Wildman–Crippen MR) is 142 cm³/mol. The molecule has 0 aliphatic carbocycles. The number of anilines is 2. The molecule has 1 amide bonds. The summed E-state index contributed by atoms with van der Waals surface area (Å²) in [6.45, 7) is 5.91. The van der Waals surface area contributed by atoms with E-state index in [1.165, 1.54) is 12.4 Å². The maximum atomic E-state index is 11.6. The number of morpholine rings is 1. The molecule has 1 aromatic carbocycles. The summed E-state index contributed by atoms with van der Waals surface area (Å²) in [5.41, 5.74) is 11.7. The molecular weight excluding hydrogens is 492 g/mol. The fourth-order valence-electron chi connectivity index (χ4n) is 4.30. The Kier molecular flexibility index (Phi) is 7.24. The zero-order chi connectivity index (χ0) is 25.9. The topological polar surface area (TPSA) is 143 Å². The molecule has 1 fully saturated rings. The van der Waals surface area contributed by atoms with Crippen LogP contribution in [0.3, 0.4) is 0 Å². The normalized spacial score (nSPS) is 13.7. The summed E-state index contributed by atoms with van der Waals surface area (Å²) in [6.07, 6.45) is 2.75. The molecule has 4 aromatic rings. The number of aromatic nitrogens is 4. The molecule has 1 aliphatic heterocycles. The number of hydrogen-bond donors (Lipinski definition) is 3. The molecule has 0 unspecified atom stereocenters. The Bertz CT molecular complexity index is 1420. The fraction of sp³-hybridized carbons (Fsp3) is 0.320. The number of hydrogen-bond acceptors (Lipinski definition) is 11. The predicted octanol–water partition coefficient (Wildman–Crippen LogP) is 2.51. The number of carbonyl (C=O) groups excluding carboxylic acids is 1. The van der Waals surface area contributed by atoms with Crippen LogP contribution in [0.4, 0.5) is 11.8 Å². The molecule has 192 valence electrons. The minimum absolute atomic E-state index is 0.175. The van der Waals surface area contributed by atoms with Crippen molar-refractivity contribution in [3.8, 4) is 11.4 Å². The molecule has 1 saturated heterocycles. The number of thiophene rings is 1. The largest absolute Gasteiger partial charge is 0.378 e. The van der Waals surface area contributed by atoms with Gasteiger partial charge in [-0.15, -0.1) is 11.3 Å². The van der Waals surface area contributed by atoms with Crippen molar-refractivity contribution >= 4 is 39.2 Å². The van der Waals surface area contributed by atoms with Crippen LogP contribution in [0, 0.1) is 6.92 Å². The van der Waals surface area contributed by atoms with Gasteiger partial charge in [0, 0.05) is 49.5 Å². The van der Waals surface area contributed by atoms with E-state index < -0.39 is 5.91 Å². The third-order valence-electron chi connectivity index (χ3n) is 6.36. The van der Waals surface area contributed by atoms with Crippen molar-refractivity contribution in [2.45, 2.75) is 20.0 Å². The standard InChI is InChI=1S/C25H28N8O3S/c1-15-16(11-26)4-3-5-19(15)22-29-20-10-18(37-21(20)23(30-22)33-6-8-36-9-7-33)14-32(2)25-27-12-17(13-28-25)24(34)31-35/h3-5,10,12-13,35H,6-9,11,14,26H2,1-2H3,(H,31,34). The number of nitrogens with zero attached hydrogens (tertiary/aromatic N) is 6. The Labute approximate surface area is 217 Å². The third kappa shape index (κ3) is 5.09. The molecule has 0 radical (unpaired) electrons. The molecule has 0 bridgehead atoms. The van der Waals surface area contributed by atoms with E-state index in [9.17, 15) is 4.79 Å². The highest BCUT2D eigenvalue weighted by molar-refractivity contribution is 7.19. The van der Waals surface area contributed by atoms with Gasteiger partial charge in [-0.3, -0.25) is 10.0 Å². The smallest absolute Gasteiger partial charge is 0.277 e. The third-order valence-corrected chi connectivity index (χ3v) is 7.46. The van der Waals surface area contributed by atoms with Gasteiger partial charge in [-0.25, -0.2) is 25.4 Å². The van der Waals surface area contributed by atoms with Crippen molar-refractivity contribution in [2.24, 2.45) is 5.73 Å². The maximum Gasteiger partial charge on any atom is 0.277 e. The van der Waals surface area contributed by atoms with Gasteiger partial charge >= 0.3 is 0 Å². The second-order valence-corrected chi connectivity index (χ2v) is 9.90. The number of rotatable bonds is 7. The second-order valence-electron chi connectivity index (χ2n) is 8.76. The summed E-state index contributed by atoms with van der Waals surface area (Å²) >= 11 is 1.65. The summed E-state index contributed by atoms with van der Waals surface area (Å²) in [4.78, 5) is 35.3. The van der Waals surface area contributed by atoms with E-state index in [4.69, 9.17) is 25.6 Å². The number of hydroxylamine groups is 1. The lowest BCUT2D eigenvalue weighted by Gasteiger charge is -2.28. The van der Waals surface area contributed by atoms with Crippen molar-refractivity contribution in [3.63, 3.8) is 0 Å². The van der Waals surface area contributed by atoms with Crippen LogP contribution in [-0.2, 0) is 17.8 Å². The van der Waals surface area contributed by atoms with Gasteiger partial charge in [0.2, 0.25) is 5.95 Å². The van der Waals surface area contributed by atoms with Crippen LogP contribution in [0.2, 0.25) is 0 Å². The Hall–Kier alpha value is -3.71. The molecule has 12 heteroatoms. The fourth-order valence-corrected chi connectivity index (χ4v) is 5.47. The van der Waals surface area contributed by atoms with Crippen LogP contribution in [0.5, 0.6) is 0 Å². The lowest BCUT2D eigenvalue weighted by atomic mass is 10.0. The lowest BCUT2D eigenvalue weighted by molar-refractivity contribution is 0.0705. The van der Waals surface area contributed by atoms with Gasteiger partial charge in [0.1, 0.15) is 0 Å². The van der Waals surface area contributed by atoms with Gasteiger partial charge in [0.25, 0.3) is 5.91 Å². The highest BCUT2D eigenvalue weighted by Gasteiger charge is 2.21. The first-order valence-electron chi connectivity index (χ1n) is 11.9. The van der Waals surface area contributed by atoms with Gasteiger partial charge in [0.05, 0.1) is 35.5 Å². The number of ether oxygens (including phenoxy) is 1. The molecule has 1 aliphatic rings. The molecular formula is C25H28N8O3S. The van der Waals surface area contributed by atoms with E-state index in [1.807, 2.05) is 30.1 Å². The minimum atomic E-state index is -0.657. The first-order valence-corrected chi connectivity index (χ1v) is 12.7. The zero-order valence-corrected chi connectivity index (χ0v) is 21.5. The van der Waals surface area contributed by atoms with Crippen LogP contribution >= 0.6 is 11.3 Å². The van der Waals surface area contributed by atoms with E-state index >= 15 is 0 Å². The van der Waals surface area contributed by atoms with Gasteiger partial charge in [-0.05, 0) is 24.1 Å². The molecule has 4 heterocycles. The number of nitrogens with one attached hydrogen (secondary N) is 1. The van der Waals surface area contributed by atoms with E-state index in [1.54, 1.807) is 16.8 Å². The number of fused-ring (bicyclic) bond motifs is 1. The van der Waals surface area contributed by atoms with Crippen LogP contribution < -0.4 is 21.0 Å². The van der Waals surface area contributed by atoms with E-state index in [0.717, 1.165) is 50.7 Å². The summed E-state index contributed by atoms with van der Waals surface area (Å²) < 4.78 is 6.61. The number of nitrogens with two attached hydrogens (primary N) is 1. The Morgan fingerprint density at radius 2 is 2.00 bits per heavy atom. The summed E-state index contributed by atoms with van der Waals surface area (Å²) in [5, 5.41) is 8.79. The van der Waals surface area contributed by atoms with Crippen LogP contribution in [0.1, 0.15) is 26.4 Å². The maximum absolute atomic E-state index is 11.6. The molecule has 0 spiro atoms. The monoisotopic (exact) mass is 520 g/mol. The zero-order valence-electron chi connectivity index (χ0n) is 20.6. The van der Waals surface area contributed by atoms with Crippen LogP contribution in [-0.4, -0.2) is 64.4 Å². The Morgan fingerprint density at radius 3 is 2.70 bits per heavy atom. The summed E-state index contributed by atoms with van der Waals surface area (Å²) in [5.74, 6) is 1.40. The van der Waals surface area contributed by atoms with E-state index in [2.05, 4.69) is 27.9 Å². The summed E-state index contributed by atoms with van der Waals surface area (Å²) in [6, 6.07) is 8.15. The molecule has 11 nitrogen and oxygen atoms in total. The van der Waals surface area contributed by atoms with Gasteiger partial charge in [-0.2, -0.15) is 0 Å². The van der Waals surface area contributed by atoms with E-state index in [0.29, 0.717) is 38.1 Å². The lowest BCUT2D eigenvalue weighted by Crippen LogP contribution is -2.36. The number of carbonyl (C=O) groups is 1. The molecule has 3 aromatic heterocycles. The molecule has 5 rings (SSSR count). The SMILES string of the molecule is Cc1c(CN)cccc1-c1nc(N2CCOCC2)c2sc(CN(C)c3ncc(C(=O)NO)cn3)cc2n1. The van der Waals surface area contributed by atoms with Crippen LogP contribution in [0.15, 0.2) is 36.7 Å². The van der Waals surface area contributed by atoms with Crippen molar-refractivity contribution in [3.05, 3.63) is 58.2 Å². The first-order chi connectivity index (χ1) is 18.0. The highest BCUT2D eigenvalue weighted by Crippen LogP contribution is 2.36. The molecule has 37 heavy (non-hydrogen) atoms. The van der Waals surface area contributed by atoms with Gasteiger partial charge in [-0.1, -0.05) is 18.2 Å². The Balaban J connectivity index is 1.51. The number of benzene rings is 1. The van der Waals surface area contributed by atoms with Gasteiger partial charge in [0.15, 0.2) is 11.6 Å². The number of amides is 1.